The largest absolute Gasteiger partial charge is 0.480 e. The molecule has 1 fully saturated rings. The third kappa shape index (κ3) is 11.9. The zero-order valence-electron chi connectivity index (χ0n) is 20.7. The number of β-amino-alcohol motifs (C(OH)–C–C–N with tert-alkyl or cyclic N) is 1. The Hall–Kier alpha value is -2.77. The third-order valence-corrected chi connectivity index (χ3v) is 6.30. The van der Waals surface area contributed by atoms with E-state index in [0.29, 0.717) is 57.9 Å². The molecule has 1 aromatic carbocycles. The first kappa shape index (κ1) is 30.5. The van der Waals surface area contributed by atoms with Crippen molar-refractivity contribution in [2.45, 2.75) is 12.5 Å². The van der Waals surface area contributed by atoms with E-state index in [2.05, 4.69) is 22.4 Å². The molecule has 1 aliphatic rings. The predicted molar refractivity (Wildman–Crippen MR) is 140 cm³/mol. The molecule has 0 bridgehead atoms. The summed E-state index contributed by atoms with van der Waals surface area (Å²) in [6, 6.07) is 6.98. The van der Waals surface area contributed by atoms with Gasteiger partial charge in [0, 0.05) is 58.4 Å². The van der Waals surface area contributed by atoms with Crippen molar-refractivity contribution in [1.29, 1.82) is 0 Å². The first-order chi connectivity index (χ1) is 17.7. The molecule has 0 saturated carbocycles. The number of hydrogen-bond donors (Lipinski definition) is 4. The summed E-state index contributed by atoms with van der Waals surface area (Å²) < 4.78 is 0. The highest BCUT2D eigenvalue weighted by Gasteiger charge is 2.27. The fourth-order valence-electron chi connectivity index (χ4n) is 4.40. The van der Waals surface area contributed by atoms with Gasteiger partial charge in [-0.1, -0.05) is 12.1 Å². The Bertz CT molecular complexity index is 942. The monoisotopic (exact) mass is 537 g/mol. The number of aliphatic hydroxyl groups excluding tert-OH is 1. The fourth-order valence-corrected chi connectivity index (χ4v) is 4.51. The van der Waals surface area contributed by atoms with Crippen LogP contribution in [0.1, 0.15) is 5.56 Å². The van der Waals surface area contributed by atoms with E-state index in [1.165, 1.54) is 0 Å². The molecule has 0 aliphatic carbocycles. The second kappa shape index (κ2) is 16.2. The number of carbonyl (C=O) groups is 3. The number of benzene rings is 1. The standard InChI is InChI=1S/C24H35N5O7S/c30-12-11-26-5-6-27(15-22(31)32)7-8-28(16-23(33)34)14-21(29(10-9-26)17-24(35)36)13-19-1-3-20(4-2-19)25-18-37/h1-4,21,30H,5-17H2,(H,31,32)(H,33,34)(H,35,36). The SMILES string of the molecule is O=C(O)CN1CCN(CCO)CCN(CC(=O)O)C(Cc2ccc(N=C=S)cc2)CN(CC(=O)O)CC1. The summed E-state index contributed by atoms with van der Waals surface area (Å²) in [5.41, 5.74) is 1.57. The zero-order chi connectivity index (χ0) is 27.2. The smallest absolute Gasteiger partial charge is 0.317 e. The zero-order valence-corrected chi connectivity index (χ0v) is 21.6. The predicted octanol–water partition coefficient (Wildman–Crippen LogP) is -0.200. The highest BCUT2D eigenvalue weighted by atomic mass is 32.1. The van der Waals surface area contributed by atoms with Crippen molar-refractivity contribution in [3.05, 3.63) is 29.8 Å². The maximum atomic E-state index is 11.8. The second-order valence-corrected chi connectivity index (χ2v) is 9.14. The van der Waals surface area contributed by atoms with Gasteiger partial charge in [0.05, 0.1) is 37.1 Å². The van der Waals surface area contributed by atoms with Crippen LogP contribution in [-0.2, 0) is 20.8 Å². The normalized spacial score (nSPS) is 19.3. The molecule has 0 aromatic heterocycles. The number of aliphatic hydroxyl groups is 1. The third-order valence-electron chi connectivity index (χ3n) is 6.21. The van der Waals surface area contributed by atoms with Gasteiger partial charge >= 0.3 is 17.9 Å². The lowest BCUT2D eigenvalue weighted by Crippen LogP contribution is -2.53. The molecule has 0 radical (unpaired) electrons. The molecule has 204 valence electrons. The van der Waals surface area contributed by atoms with E-state index in [0.717, 1.165) is 5.56 Å². The van der Waals surface area contributed by atoms with E-state index in [4.69, 9.17) is 0 Å². The molecule has 1 saturated heterocycles. The maximum Gasteiger partial charge on any atom is 0.317 e. The van der Waals surface area contributed by atoms with Crippen LogP contribution >= 0.6 is 12.2 Å². The quantitative estimate of drug-likeness (QED) is 0.218. The minimum atomic E-state index is -1.02. The van der Waals surface area contributed by atoms with Crippen LogP contribution in [-0.4, -0.2) is 148 Å². The van der Waals surface area contributed by atoms with E-state index in [9.17, 15) is 34.8 Å². The maximum absolute atomic E-state index is 11.8. The van der Waals surface area contributed by atoms with Crippen molar-refractivity contribution in [3.63, 3.8) is 0 Å². The van der Waals surface area contributed by atoms with E-state index in [1.54, 1.807) is 21.9 Å². The summed E-state index contributed by atoms with van der Waals surface area (Å²) in [6.07, 6.45) is 0.462. The van der Waals surface area contributed by atoms with Gasteiger partial charge in [-0.2, -0.15) is 4.99 Å². The van der Waals surface area contributed by atoms with Crippen LogP contribution in [0.15, 0.2) is 29.3 Å². The molecule has 2 rings (SSSR count). The highest BCUT2D eigenvalue weighted by Crippen LogP contribution is 2.17. The molecule has 37 heavy (non-hydrogen) atoms. The number of nitrogens with zero attached hydrogens (tertiary/aromatic N) is 5. The van der Waals surface area contributed by atoms with Gasteiger partial charge in [-0.3, -0.25) is 34.0 Å². The molecule has 12 nitrogen and oxygen atoms in total. The van der Waals surface area contributed by atoms with Crippen LogP contribution in [0.5, 0.6) is 0 Å². The van der Waals surface area contributed by atoms with Gasteiger partial charge in [0.25, 0.3) is 0 Å². The van der Waals surface area contributed by atoms with Crippen molar-refractivity contribution >= 4 is 41.0 Å². The van der Waals surface area contributed by atoms with Gasteiger partial charge in [0.2, 0.25) is 0 Å². The van der Waals surface area contributed by atoms with E-state index in [-0.39, 0.29) is 38.8 Å². The van der Waals surface area contributed by atoms with Gasteiger partial charge in [-0.25, -0.2) is 0 Å². The van der Waals surface area contributed by atoms with Gasteiger partial charge in [0.1, 0.15) is 0 Å². The molecular weight excluding hydrogens is 502 g/mol. The number of hydrogen-bond acceptors (Lipinski definition) is 10. The lowest BCUT2D eigenvalue weighted by atomic mass is 10.0. The van der Waals surface area contributed by atoms with Gasteiger partial charge in [0.15, 0.2) is 0 Å². The summed E-state index contributed by atoms with van der Waals surface area (Å²) in [6.45, 7) is 2.31. The van der Waals surface area contributed by atoms with E-state index < -0.39 is 17.9 Å². The van der Waals surface area contributed by atoms with Crippen LogP contribution in [0, 0.1) is 0 Å². The lowest BCUT2D eigenvalue weighted by molar-refractivity contribution is -0.141. The van der Waals surface area contributed by atoms with Crippen LogP contribution in [0.25, 0.3) is 0 Å². The minimum absolute atomic E-state index is 0.0791. The molecular formula is C24H35N5O7S. The van der Waals surface area contributed by atoms with Gasteiger partial charge < -0.3 is 20.4 Å². The Morgan fingerprint density at radius 3 is 1.95 bits per heavy atom. The lowest BCUT2D eigenvalue weighted by Gasteiger charge is -2.37. The molecule has 1 heterocycles. The molecule has 1 aliphatic heterocycles. The Morgan fingerprint density at radius 2 is 1.38 bits per heavy atom. The van der Waals surface area contributed by atoms with Crippen molar-refractivity contribution in [3.8, 4) is 0 Å². The van der Waals surface area contributed by atoms with Crippen molar-refractivity contribution < 1.29 is 34.8 Å². The number of carboxylic acids is 3. The average Bonchev–Trinajstić information content (AvgIpc) is 2.82. The number of rotatable bonds is 11. The van der Waals surface area contributed by atoms with Crippen LogP contribution in [0.3, 0.4) is 0 Å². The van der Waals surface area contributed by atoms with Crippen molar-refractivity contribution in [1.82, 2.24) is 19.6 Å². The Kier molecular flexibility index (Phi) is 13.3. The number of isothiocyanates is 1. The Balaban J connectivity index is 2.38. The van der Waals surface area contributed by atoms with Crippen LogP contribution in [0.2, 0.25) is 0 Å². The number of carboxylic acid groups (broad SMARTS) is 3. The summed E-state index contributed by atoms with van der Waals surface area (Å²) in [7, 11) is 0. The first-order valence-corrected chi connectivity index (χ1v) is 12.4. The Labute approximate surface area is 221 Å². The van der Waals surface area contributed by atoms with Gasteiger partial charge in [-0.15, -0.1) is 0 Å². The van der Waals surface area contributed by atoms with Crippen molar-refractivity contribution in [2.24, 2.45) is 4.99 Å². The van der Waals surface area contributed by atoms with Gasteiger partial charge in [-0.05, 0) is 36.3 Å². The Morgan fingerprint density at radius 1 is 0.838 bits per heavy atom. The number of thiocarbonyl (C=S) groups is 1. The molecule has 4 N–H and O–H groups in total. The minimum Gasteiger partial charge on any atom is -0.480 e. The molecule has 1 atom stereocenters. The van der Waals surface area contributed by atoms with Crippen LogP contribution in [0.4, 0.5) is 5.69 Å². The fraction of sp³-hybridized carbons (Fsp3) is 0.583. The number of aliphatic carboxylic acids is 3. The van der Waals surface area contributed by atoms with Crippen molar-refractivity contribution in [2.75, 3.05) is 78.6 Å². The van der Waals surface area contributed by atoms with E-state index in [1.807, 2.05) is 21.9 Å². The summed E-state index contributed by atoms with van der Waals surface area (Å²) in [4.78, 5) is 46.0. The second-order valence-electron chi connectivity index (χ2n) is 8.96. The topological polar surface area (TPSA) is 157 Å². The summed E-state index contributed by atoms with van der Waals surface area (Å²) in [5.74, 6) is -2.98. The first-order valence-electron chi connectivity index (χ1n) is 12.0. The number of aliphatic imine (C=N–C) groups is 1. The van der Waals surface area contributed by atoms with Crippen LogP contribution < -0.4 is 0 Å². The highest BCUT2D eigenvalue weighted by molar-refractivity contribution is 7.78. The summed E-state index contributed by atoms with van der Waals surface area (Å²) in [5, 5.41) is 40.3. The molecule has 1 unspecified atom stereocenters. The molecule has 0 amide bonds. The average molecular weight is 538 g/mol. The van der Waals surface area contributed by atoms with E-state index >= 15 is 0 Å². The molecule has 0 spiro atoms. The summed E-state index contributed by atoms with van der Waals surface area (Å²) >= 11 is 4.64. The molecule has 1 aromatic rings. The molecule has 13 heteroatoms.